The Kier molecular flexibility index (Phi) is 5.12. The Morgan fingerprint density at radius 3 is 2.52 bits per heavy atom. The SMILES string of the molecule is COc1ccc2c3c(n(C)c2c1)[C@@H](CO)N(S(C)(=O)=O)CC31CCN(CC2CC2)CC1. The van der Waals surface area contributed by atoms with Crippen LogP contribution in [0.25, 0.3) is 10.9 Å². The van der Waals surface area contributed by atoms with Crippen LogP contribution < -0.4 is 4.74 Å². The van der Waals surface area contributed by atoms with Gasteiger partial charge in [-0.05, 0) is 62.4 Å². The number of ether oxygens (including phenoxy) is 1. The van der Waals surface area contributed by atoms with Crippen LogP contribution >= 0.6 is 0 Å². The molecule has 3 heterocycles. The first-order valence-corrected chi connectivity index (χ1v) is 13.1. The molecule has 170 valence electrons. The molecule has 2 aliphatic heterocycles. The molecule has 7 nitrogen and oxygen atoms in total. The number of fused-ring (bicyclic) bond motifs is 4. The average Bonchev–Trinajstić information content (AvgIpc) is 3.52. The molecule has 0 radical (unpaired) electrons. The van der Waals surface area contributed by atoms with Gasteiger partial charge >= 0.3 is 0 Å². The maximum atomic E-state index is 12.8. The summed E-state index contributed by atoms with van der Waals surface area (Å²) in [6.45, 7) is 3.36. The number of hydrogen-bond acceptors (Lipinski definition) is 5. The minimum Gasteiger partial charge on any atom is -0.497 e. The minimum atomic E-state index is -3.47. The summed E-state index contributed by atoms with van der Waals surface area (Å²) < 4.78 is 34.7. The van der Waals surface area contributed by atoms with E-state index in [9.17, 15) is 13.5 Å². The lowest BCUT2D eigenvalue weighted by molar-refractivity contribution is 0.0930. The highest BCUT2D eigenvalue weighted by atomic mass is 32.2. The van der Waals surface area contributed by atoms with Crippen LogP contribution in [0.1, 0.15) is 43.0 Å². The lowest BCUT2D eigenvalue weighted by atomic mass is 9.69. The second-order valence-electron chi connectivity index (χ2n) is 9.73. The summed E-state index contributed by atoms with van der Waals surface area (Å²) in [5, 5.41) is 11.5. The van der Waals surface area contributed by atoms with Gasteiger partial charge in [0.05, 0.1) is 31.5 Å². The van der Waals surface area contributed by atoms with Crippen molar-refractivity contribution in [2.75, 3.05) is 46.2 Å². The predicted molar refractivity (Wildman–Crippen MR) is 121 cm³/mol. The number of piperidine rings is 1. The van der Waals surface area contributed by atoms with Crippen molar-refractivity contribution >= 4 is 20.9 Å². The van der Waals surface area contributed by atoms with Gasteiger partial charge in [0.15, 0.2) is 0 Å². The second-order valence-corrected chi connectivity index (χ2v) is 11.7. The number of aryl methyl sites for hydroxylation is 1. The highest BCUT2D eigenvalue weighted by molar-refractivity contribution is 7.88. The fourth-order valence-electron chi connectivity index (χ4n) is 5.90. The van der Waals surface area contributed by atoms with Crippen LogP contribution in [0.15, 0.2) is 18.2 Å². The monoisotopic (exact) mass is 447 g/mol. The van der Waals surface area contributed by atoms with Gasteiger partial charge in [0.1, 0.15) is 5.75 Å². The number of rotatable bonds is 5. The number of likely N-dealkylation sites (tertiary alicyclic amines) is 1. The van der Waals surface area contributed by atoms with E-state index in [-0.39, 0.29) is 12.0 Å². The molecule has 1 atom stereocenters. The van der Waals surface area contributed by atoms with Crippen LogP contribution in [0.2, 0.25) is 0 Å². The molecule has 1 saturated carbocycles. The van der Waals surface area contributed by atoms with Crippen molar-refractivity contribution in [3.8, 4) is 5.75 Å². The molecule has 3 aliphatic rings. The van der Waals surface area contributed by atoms with E-state index in [1.165, 1.54) is 31.2 Å². The lowest BCUT2D eigenvalue weighted by Crippen LogP contribution is -2.55. The molecule has 2 fully saturated rings. The summed E-state index contributed by atoms with van der Waals surface area (Å²) >= 11 is 0. The molecule has 5 rings (SSSR count). The largest absolute Gasteiger partial charge is 0.497 e. The fraction of sp³-hybridized carbons (Fsp3) is 0.652. The Morgan fingerprint density at radius 2 is 1.94 bits per heavy atom. The summed E-state index contributed by atoms with van der Waals surface area (Å²) in [6, 6.07) is 5.54. The van der Waals surface area contributed by atoms with E-state index >= 15 is 0 Å². The summed E-state index contributed by atoms with van der Waals surface area (Å²) in [4.78, 5) is 2.56. The molecule has 1 aromatic carbocycles. The minimum absolute atomic E-state index is 0.231. The fourth-order valence-corrected chi connectivity index (χ4v) is 7.01. The van der Waals surface area contributed by atoms with Gasteiger partial charge < -0.3 is 19.3 Å². The van der Waals surface area contributed by atoms with E-state index in [0.717, 1.165) is 54.2 Å². The molecule has 1 aliphatic carbocycles. The van der Waals surface area contributed by atoms with E-state index < -0.39 is 16.1 Å². The average molecular weight is 448 g/mol. The standard InChI is InChI=1S/C23H33N3O4S/c1-24-19-12-17(30-2)6-7-18(19)21-22(24)20(14-27)26(31(3,28)29)15-23(21)8-10-25(11-9-23)13-16-4-5-16/h6-7,12,16,20,27H,4-5,8-11,13-15H2,1-3H3/t20-/m1/s1. The molecule has 31 heavy (non-hydrogen) atoms. The van der Waals surface area contributed by atoms with Gasteiger partial charge in [-0.3, -0.25) is 0 Å². The van der Waals surface area contributed by atoms with Crippen molar-refractivity contribution in [1.29, 1.82) is 0 Å². The molecule has 1 N–H and O–H groups in total. The molecule has 2 aromatic rings. The molecular formula is C23H33N3O4S. The first kappa shape index (κ1) is 21.2. The van der Waals surface area contributed by atoms with E-state index in [4.69, 9.17) is 4.74 Å². The van der Waals surface area contributed by atoms with Crippen LogP contribution in [0.5, 0.6) is 5.75 Å². The van der Waals surface area contributed by atoms with Gasteiger partial charge in [0.2, 0.25) is 10.0 Å². The van der Waals surface area contributed by atoms with E-state index in [0.29, 0.717) is 6.54 Å². The normalized spacial score (nSPS) is 24.6. The number of nitrogens with zero attached hydrogens (tertiary/aromatic N) is 3. The Labute approximate surface area is 184 Å². The Bertz CT molecular complexity index is 1100. The van der Waals surface area contributed by atoms with E-state index in [2.05, 4.69) is 15.5 Å². The molecule has 1 saturated heterocycles. The zero-order valence-corrected chi connectivity index (χ0v) is 19.5. The topological polar surface area (TPSA) is 75.0 Å². The van der Waals surface area contributed by atoms with Gasteiger partial charge in [-0.1, -0.05) is 0 Å². The van der Waals surface area contributed by atoms with Gasteiger partial charge in [-0.15, -0.1) is 0 Å². The summed E-state index contributed by atoms with van der Waals surface area (Å²) in [5.41, 5.74) is 2.95. The first-order chi connectivity index (χ1) is 14.8. The number of aliphatic hydroxyl groups is 1. The molecule has 0 amide bonds. The zero-order valence-electron chi connectivity index (χ0n) is 18.7. The van der Waals surface area contributed by atoms with Crippen molar-refractivity contribution in [3.05, 3.63) is 29.5 Å². The molecule has 0 unspecified atom stereocenters. The second kappa shape index (κ2) is 7.47. The third-order valence-electron chi connectivity index (χ3n) is 7.73. The Hall–Kier alpha value is -1.61. The lowest BCUT2D eigenvalue weighted by Gasteiger charge is -2.49. The van der Waals surface area contributed by atoms with Crippen molar-refractivity contribution in [1.82, 2.24) is 13.8 Å². The molecule has 8 heteroatoms. The van der Waals surface area contributed by atoms with Crippen LogP contribution in [0.4, 0.5) is 0 Å². The molecule has 1 spiro atoms. The van der Waals surface area contributed by atoms with Gasteiger partial charge in [-0.2, -0.15) is 4.31 Å². The van der Waals surface area contributed by atoms with Gasteiger partial charge in [-0.25, -0.2) is 8.42 Å². The number of aliphatic hydroxyl groups excluding tert-OH is 1. The molecule has 0 bridgehead atoms. The maximum absolute atomic E-state index is 12.8. The number of benzene rings is 1. The van der Waals surface area contributed by atoms with E-state index in [1.807, 2.05) is 19.2 Å². The number of hydrogen-bond donors (Lipinski definition) is 1. The predicted octanol–water partition coefficient (Wildman–Crippen LogP) is 2.24. The summed E-state index contributed by atoms with van der Waals surface area (Å²) in [5.74, 6) is 1.63. The molecular weight excluding hydrogens is 414 g/mol. The Balaban J connectivity index is 1.66. The third-order valence-corrected chi connectivity index (χ3v) is 8.97. The Morgan fingerprint density at radius 1 is 1.23 bits per heavy atom. The highest BCUT2D eigenvalue weighted by Gasteiger charge is 2.50. The van der Waals surface area contributed by atoms with Crippen LogP contribution in [-0.2, 0) is 22.5 Å². The van der Waals surface area contributed by atoms with Crippen LogP contribution in [0.3, 0.4) is 0 Å². The van der Waals surface area contributed by atoms with Crippen LogP contribution in [-0.4, -0.2) is 73.4 Å². The van der Waals surface area contributed by atoms with Crippen molar-refractivity contribution < 1.29 is 18.3 Å². The summed E-state index contributed by atoms with van der Waals surface area (Å²) in [7, 11) is 0.160. The highest BCUT2D eigenvalue weighted by Crippen LogP contribution is 2.50. The van der Waals surface area contributed by atoms with Crippen molar-refractivity contribution in [3.63, 3.8) is 0 Å². The summed E-state index contributed by atoms with van der Waals surface area (Å²) in [6.07, 6.45) is 5.82. The quantitative estimate of drug-likeness (QED) is 0.761. The van der Waals surface area contributed by atoms with Crippen molar-refractivity contribution in [2.45, 2.75) is 37.1 Å². The van der Waals surface area contributed by atoms with Gasteiger partial charge in [0.25, 0.3) is 0 Å². The van der Waals surface area contributed by atoms with Crippen LogP contribution in [0, 0.1) is 5.92 Å². The van der Waals surface area contributed by atoms with Gasteiger partial charge in [0, 0.05) is 42.7 Å². The van der Waals surface area contributed by atoms with Crippen molar-refractivity contribution in [2.24, 2.45) is 13.0 Å². The smallest absolute Gasteiger partial charge is 0.211 e. The number of methoxy groups -OCH3 is 1. The first-order valence-electron chi connectivity index (χ1n) is 11.2. The third kappa shape index (κ3) is 3.48. The maximum Gasteiger partial charge on any atom is 0.211 e. The van der Waals surface area contributed by atoms with E-state index in [1.54, 1.807) is 11.4 Å². The number of sulfonamides is 1. The molecule has 1 aromatic heterocycles. The zero-order chi connectivity index (χ0) is 22.0. The number of aromatic nitrogens is 1.